The number of Topliss-reactive ketones (excluding diaryl/α,β-unsaturated/α-hetero) is 1. The minimum absolute atomic E-state index is 0.0274. The van der Waals surface area contributed by atoms with Gasteiger partial charge in [-0.05, 0) is 30.3 Å². The molecule has 1 aromatic carbocycles. The monoisotopic (exact) mass is 367 g/mol. The number of hydrogen-bond donors (Lipinski definition) is 1. The summed E-state index contributed by atoms with van der Waals surface area (Å²) in [5, 5.41) is 3.11. The Balaban J connectivity index is 1.58. The summed E-state index contributed by atoms with van der Waals surface area (Å²) in [7, 11) is 0. The zero-order valence-corrected chi connectivity index (χ0v) is 14.4. The number of carbonyl (C=O) groups excluding carboxylic acids is 2. The molecular weight excluding hydrogens is 354 g/mol. The van der Waals surface area contributed by atoms with Crippen molar-refractivity contribution in [3.63, 3.8) is 0 Å². The molecule has 2 aromatic heterocycles. The molecule has 0 unspecified atom stereocenters. The lowest BCUT2D eigenvalue weighted by atomic mass is 9.85. The number of anilines is 1. The summed E-state index contributed by atoms with van der Waals surface area (Å²) in [5.41, 5.74) is 1.51. The van der Waals surface area contributed by atoms with E-state index in [2.05, 4.69) is 15.3 Å². The van der Waals surface area contributed by atoms with Gasteiger partial charge < -0.3 is 4.42 Å². The predicted molar refractivity (Wildman–Crippen MR) is 95.5 cm³/mol. The molecule has 7 heteroatoms. The van der Waals surface area contributed by atoms with Crippen LogP contribution in [0.15, 0.2) is 53.3 Å². The van der Waals surface area contributed by atoms with Gasteiger partial charge in [-0.1, -0.05) is 17.7 Å². The molecule has 1 amide bonds. The van der Waals surface area contributed by atoms with Gasteiger partial charge in [0, 0.05) is 35.5 Å². The molecule has 1 aliphatic carbocycles. The number of halogens is 1. The van der Waals surface area contributed by atoms with Gasteiger partial charge in [0.1, 0.15) is 5.76 Å². The van der Waals surface area contributed by atoms with Gasteiger partial charge >= 0.3 is 0 Å². The molecule has 0 saturated heterocycles. The highest BCUT2D eigenvalue weighted by molar-refractivity contribution is 6.31. The van der Waals surface area contributed by atoms with Gasteiger partial charge in [-0.3, -0.25) is 14.9 Å². The van der Waals surface area contributed by atoms with Crippen molar-refractivity contribution in [2.75, 3.05) is 5.32 Å². The van der Waals surface area contributed by atoms with Crippen molar-refractivity contribution in [2.45, 2.75) is 18.8 Å². The van der Waals surface area contributed by atoms with Crippen LogP contribution in [0.3, 0.4) is 0 Å². The van der Waals surface area contributed by atoms with E-state index in [1.165, 1.54) is 6.20 Å². The number of hydrogen-bond acceptors (Lipinski definition) is 5. The van der Waals surface area contributed by atoms with Crippen LogP contribution in [0, 0.1) is 0 Å². The van der Waals surface area contributed by atoms with Crippen LogP contribution in [-0.2, 0) is 6.42 Å². The van der Waals surface area contributed by atoms with Crippen molar-refractivity contribution in [3.05, 3.63) is 76.5 Å². The minimum atomic E-state index is -0.364. The lowest BCUT2D eigenvalue weighted by Gasteiger charge is -2.21. The Morgan fingerprint density at radius 1 is 1.23 bits per heavy atom. The highest BCUT2D eigenvalue weighted by Crippen LogP contribution is 2.32. The smallest absolute Gasteiger partial charge is 0.258 e. The molecular formula is C19H14ClN3O3. The predicted octanol–water partition coefficient (Wildman–Crippen LogP) is 3.89. The first kappa shape index (κ1) is 16.5. The first-order valence-electron chi connectivity index (χ1n) is 8.09. The van der Waals surface area contributed by atoms with Gasteiger partial charge in [-0.25, -0.2) is 9.97 Å². The molecule has 130 valence electrons. The van der Waals surface area contributed by atoms with Crippen LogP contribution in [0.4, 0.5) is 5.95 Å². The SMILES string of the molecule is O=C(Nc1ncc2c(n1)C[C@H](c1ccco1)CC2=O)c1cccc(Cl)c1. The van der Waals surface area contributed by atoms with E-state index < -0.39 is 0 Å². The Bertz CT molecular complexity index is 985. The molecule has 0 bridgehead atoms. The Morgan fingerprint density at radius 3 is 2.88 bits per heavy atom. The summed E-state index contributed by atoms with van der Waals surface area (Å²) in [4.78, 5) is 33.1. The Morgan fingerprint density at radius 2 is 2.12 bits per heavy atom. The number of rotatable bonds is 3. The Hall–Kier alpha value is -2.99. The fourth-order valence-electron chi connectivity index (χ4n) is 3.03. The topological polar surface area (TPSA) is 85.1 Å². The van der Waals surface area contributed by atoms with E-state index in [4.69, 9.17) is 16.0 Å². The van der Waals surface area contributed by atoms with Crippen LogP contribution in [0.5, 0.6) is 0 Å². The van der Waals surface area contributed by atoms with Gasteiger partial charge in [0.2, 0.25) is 5.95 Å². The molecule has 0 fully saturated rings. The summed E-state index contributed by atoms with van der Waals surface area (Å²) in [5.74, 6) is 0.461. The zero-order chi connectivity index (χ0) is 18.1. The van der Waals surface area contributed by atoms with Crippen molar-refractivity contribution in [2.24, 2.45) is 0 Å². The highest BCUT2D eigenvalue weighted by Gasteiger charge is 2.29. The summed E-state index contributed by atoms with van der Waals surface area (Å²) in [6.45, 7) is 0. The number of nitrogens with one attached hydrogen (secondary N) is 1. The van der Waals surface area contributed by atoms with Gasteiger partial charge in [0.05, 0.1) is 17.5 Å². The number of aromatic nitrogens is 2. The van der Waals surface area contributed by atoms with Crippen molar-refractivity contribution >= 4 is 29.2 Å². The van der Waals surface area contributed by atoms with E-state index in [1.54, 1.807) is 36.6 Å². The van der Waals surface area contributed by atoms with Crippen LogP contribution < -0.4 is 5.32 Å². The maximum Gasteiger partial charge on any atom is 0.258 e. The number of ketones is 1. The Kier molecular flexibility index (Phi) is 4.26. The second-order valence-electron chi connectivity index (χ2n) is 6.06. The molecule has 6 nitrogen and oxygen atoms in total. The van der Waals surface area contributed by atoms with Gasteiger partial charge in [-0.2, -0.15) is 0 Å². The molecule has 1 atom stereocenters. The van der Waals surface area contributed by atoms with Crippen LogP contribution in [-0.4, -0.2) is 21.7 Å². The van der Waals surface area contributed by atoms with E-state index in [9.17, 15) is 9.59 Å². The fraction of sp³-hybridized carbons (Fsp3) is 0.158. The fourth-order valence-corrected chi connectivity index (χ4v) is 3.22. The molecule has 4 rings (SSSR count). The lowest BCUT2D eigenvalue weighted by molar-refractivity contribution is 0.0958. The van der Waals surface area contributed by atoms with E-state index >= 15 is 0 Å². The third-order valence-corrected chi connectivity index (χ3v) is 4.53. The number of fused-ring (bicyclic) bond motifs is 1. The molecule has 0 aliphatic heterocycles. The average molecular weight is 368 g/mol. The summed E-state index contributed by atoms with van der Waals surface area (Å²) in [6.07, 6.45) is 3.97. The van der Waals surface area contributed by atoms with Gasteiger partial charge in [0.25, 0.3) is 5.91 Å². The van der Waals surface area contributed by atoms with E-state index in [0.29, 0.717) is 34.7 Å². The third-order valence-electron chi connectivity index (χ3n) is 4.30. The van der Waals surface area contributed by atoms with Crippen molar-refractivity contribution in [1.29, 1.82) is 0 Å². The van der Waals surface area contributed by atoms with Crippen LogP contribution in [0.1, 0.15) is 44.5 Å². The zero-order valence-electron chi connectivity index (χ0n) is 13.6. The third kappa shape index (κ3) is 3.23. The quantitative estimate of drug-likeness (QED) is 0.759. The Labute approximate surface area is 154 Å². The minimum Gasteiger partial charge on any atom is -0.469 e. The summed E-state index contributed by atoms with van der Waals surface area (Å²) >= 11 is 5.91. The number of benzene rings is 1. The molecule has 1 N–H and O–H groups in total. The van der Waals surface area contributed by atoms with E-state index in [1.807, 2.05) is 6.07 Å². The largest absolute Gasteiger partial charge is 0.469 e. The standard InChI is InChI=1S/C19H14ClN3O3/c20-13-4-1-3-11(7-13)18(25)23-19-21-10-14-15(22-19)8-12(9-16(14)24)17-5-2-6-26-17/h1-7,10,12H,8-9H2,(H,21,22,23,25)/t12-/m0/s1. The molecule has 0 spiro atoms. The van der Waals surface area contributed by atoms with E-state index in [0.717, 1.165) is 5.76 Å². The molecule has 1 aliphatic rings. The molecule has 26 heavy (non-hydrogen) atoms. The number of nitrogens with zero attached hydrogens (tertiary/aromatic N) is 2. The molecule has 0 saturated carbocycles. The summed E-state index contributed by atoms with van der Waals surface area (Å²) in [6, 6.07) is 10.2. The second kappa shape index (κ2) is 6.72. The van der Waals surface area contributed by atoms with Crippen molar-refractivity contribution in [3.8, 4) is 0 Å². The normalized spacial score (nSPS) is 16.2. The number of carbonyl (C=O) groups is 2. The first-order chi connectivity index (χ1) is 12.6. The van der Waals surface area contributed by atoms with Crippen molar-refractivity contribution in [1.82, 2.24) is 9.97 Å². The lowest BCUT2D eigenvalue weighted by Crippen LogP contribution is -2.22. The molecule has 2 heterocycles. The van der Waals surface area contributed by atoms with Crippen molar-refractivity contribution < 1.29 is 14.0 Å². The van der Waals surface area contributed by atoms with Crippen LogP contribution in [0.2, 0.25) is 5.02 Å². The number of amides is 1. The highest BCUT2D eigenvalue weighted by atomic mass is 35.5. The second-order valence-corrected chi connectivity index (χ2v) is 6.50. The van der Waals surface area contributed by atoms with Gasteiger partial charge in [0.15, 0.2) is 5.78 Å². The number of furan rings is 1. The van der Waals surface area contributed by atoms with Crippen LogP contribution in [0.25, 0.3) is 0 Å². The first-order valence-corrected chi connectivity index (χ1v) is 8.47. The molecule has 3 aromatic rings. The molecule has 0 radical (unpaired) electrons. The van der Waals surface area contributed by atoms with Crippen LogP contribution >= 0.6 is 11.6 Å². The van der Waals surface area contributed by atoms with E-state index in [-0.39, 0.29) is 23.6 Å². The summed E-state index contributed by atoms with van der Waals surface area (Å²) < 4.78 is 5.42. The van der Waals surface area contributed by atoms with Gasteiger partial charge in [-0.15, -0.1) is 0 Å². The average Bonchev–Trinajstić information content (AvgIpc) is 3.16. The maximum atomic E-state index is 12.4. The maximum absolute atomic E-state index is 12.4.